The smallest absolute Gasteiger partial charge is 0.416 e. The first-order valence-corrected chi connectivity index (χ1v) is 12.1. The molecule has 1 aromatic carbocycles. The molecule has 1 saturated heterocycles. The number of pyridine rings is 2. The Morgan fingerprint density at radius 1 is 0.972 bits per heavy atom. The maximum Gasteiger partial charge on any atom is 0.416 e. The standard InChI is InChI=1S/C27H28F3N5O/c28-27(29,30)22-6-3-19(4-7-22)15-31-25-8-5-20(16-32-25)13-21-17-33-26-24(21)14-23(18-34-26)36-12-11-35-9-1-2-10-35/h3-8,14,16-18H,1-2,9-13,15H2,(H,31,32)(H,33,34). The molecule has 6 nitrogen and oxygen atoms in total. The number of halogens is 3. The third-order valence-corrected chi connectivity index (χ3v) is 6.44. The fraction of sp³-hybridized carbons (Fsp3) is 0.333. The number of H-pyrrole nitrogens is 1. The Morgan fingerprint density at radius 2 is 1.75 bits per heavy atom. The molecule has 0 atom stereocenters. The fourth-order valence-corrected chi connectivity index (χ4v) is 4.42. The first-order chi connectivity index (χ1) is 17.4. The van der Waals surface area contributed by atoms with E-state index < -0.39 is 11.7 Å². The molecular weight excluding hydrogens is 467 g/mol. The second-order valence-corrected chi connectivity index (χ2v) is 9.06. The number of rotatable bonds is 9. The van der Waals surface area contributed by atoms with Crippen molar-refractivity contribution in [3.8, 4) is 5.75 Å². The first kappa shape index (κ1) is 24.1. The normalized spacial score (nSPS) is 14.4. The van der Waals surface area contributed by atoms with E-state index in [2.05, 4.69) is 25.2 Å². The largest absolute Gasteiger partial charge is 0.491 e. The average molecular weight is 496 g/mol. The minimum absolute atomic E-state index is 0.388. The summed E-state index contributed by atoms with van der Waals surface area (Å²) in [5.41, 5.74) is 3.06. The van der Waals surface area contributed by atoms with Gasteiger partial charge in [0.1, 0.15) is 23.8 Å². The zero-order chi connectivity index (χ0) is 25.0. The van der Waals surface area contributed by atoms with Gasteiger partial charge in [-0.05, 0) is 66.9 Å². The van der Waals surface area contributed by atoms with Gasteiger partial charge in [0.2, 0.25) is 0 Å². The lowest BCUT2D eigenvalue weighted by Crippen LogP contribution is -2.25. The molecule has 9 heteroatoms. The summed E-state index contributed by atoms with van der Waals surface area (Å²) >= 11 is 0. The lowest BCUT2D eigenvalue weighted by Gasteiger charge is -2.14. The van der Waals surface area contributed by atoms with Crippen LogP contribution in [0.4, 0.5) is 19.0 Å². The van der Waals surface area contributed by atoms with E-state index in [1.807, 2.05) is 24.4 Å². The van der Waals surface area contributed by atoms with Gasteiger partial charge in [-0.3, -0.25) is 4.90 Å². The van der Waals surface area contributed by atoms with Crippen LogP contribution in [0.2, 0.25) is 0 Å². The average Bonchev–Trinajstić information content (AvgIpc) is 3.54. The number of aromatic nitrogens is 3. The van der Waals surface area contributed by atoms with Crippen LogP contribution in [0.15, 0.2) is 61.1 Å². The van der Waals surface area contributed by atoms with Crippen LogP contribution < -0.4 is 10.1 Å². The highest BCUT2D eigenvalue weighted by Gasteiger charge is 2.29. The minimum atomic E-state index is -4.33. The summed E-state index contributed by atoms with van der Waals surface area (Å²) in [6.07, 6.45) is 4.42. The van der Waals surface area contributed by atoms with Crippen LogP contribution >= 0.6 is 0 Å². The van der Waals surface area contributed by atoms with Gasteiger partial charge in [0.25, 0.3) is 0 Å². The molecule has 0 saturated carbocycles. The van der Waals surface area contributed by atoms with Crippen molar-refractivity contribution in [2.24, 2.45) is 0 Å². The van der Waals surface area contributed by atoms with Crippen molar-refractivity contribution in [3.05, 3.63) is 83.3 Å². The number of anilines is 1. The van der Waals surface area contributed by atoms with Gasteiger partial charge >= 0.3 is 6.18 Å². The Morgan fingerprint density at radius 3 is 2.47 bits per heavy atom. The molecular formula is C27H28F3N5O. The summed E-state index contributed by atoms with van der Waals surface area (Å²) in [5, 5.41) is 4.18. The summed E-state index contributed by atoms with van der Waals surface area (Å²) in [6.45, 7) is 4.28. The topological polar surface area (TPSA) is 66.1 Å². The monoisotopic (exact) mass is 495 g/mol. The third-order valence-electron chi connectivity index (χ3n) is 6.44. The quantitative estimate of drug-likeness (QED) is 0.314. The highest BCUT2D eigenvalue weighted by atomic mass is 19.4. The first-order valence-electron chi connectivity index (χ1n) is 12.1. The zero-order valence-corrected chi connectivity index (χ0v) is 19.8. The van der Waals surface area contributed by atoms with Crippen LogP contribution in [0.25, 0.3) is 11.0 Å². The summed E-state index contributed by atoms with van der Waals surface area (Å²) in [7, 11) is 0. The van der Waals surface area contributed by atoms with Crippen LogP contribution in [0.5, 0.6) is 5.75 Å². The number of aromatic amines is 1. The lowest BCUT2D eigenvalue weighted by molar-refractivity contribution is -0.137. The molecule has 188 valence electrons. The van der Waals surface area contributed by atoms with Gasteiger partial charge in [-0.2, -0.15) is 13.2 Å². The van der Waals surface area contributed by atoms with E-state index in [1.54, 1.807) is 12.4 Å². The van der Waals surface area contributed by atoms with E-state index in [0.29, 0.717) is 25.4 Å². The van der Waals surface area contributed by atoms with Gasteiger partial charge in [0.05, 0.1) is 11.8 Å². The number of nitrogens with zero attached hydrogens (tertiary/aromatic N) is 3. The maximum atomic E-state index is 12.7. The number of likely N-dealkylation sites (tertiary alicyclic amines) is 1. The molecule has 1 fully saturated rings. The van der Waals surface area contributed by atoms with Crippen molar-refractivity contribution in [2.45, 2.75) is 32.0 Å². The fourth-order valence-electron chi connectivity index (χ4n) is 4.42. The molecule has 0 aliphatic carbocycles. The van der Waals surface area contributed by atoms with E-state index in [1.165, 1.54) is 25.0 Å². The molecule has 4 heterocycles. The third kappa shape index (κ3) is 5.96. The van der Waals surface area contributed by atoms with Crippen molar-refractivity contribution in [3.63, 3.8) is 0 Å². The zero-order valence-electron chi connectivity index (χ0n) is 19.8. The second-order valence-electron chi connectivity index (χ2n) is 9.06. The van der Waals surface area contributed by atoms with E-state index in [0.717, 1.165) is 65.2 Å². The molecule has 5 rings (SSSR count). The predicted molar refractivity (Wildman–Crippen MR) is 133 cm³/mol. The molecule has 0 spiro atoms. The molecule has 36 heavy (non-hydrogen) atoms. The molecule has 2 N–H and O–H groups in total. The van der Waals surface area contributed by atoms with Crippen LogP contribution in [0, 0.1) is 0 Å². The molecule has 0 amide bonds. The van der Waals surface area contributed by atoms with Gasteiger partial charge in [0, 0.05) is 37.3 Å². The van der Waals surface area contributed by atoms with Crippen molar-refractivity contribution >= 4 is 16.9 Å². The SMILES string of the molecule is FC(F)(F)c1ccc(CNc2ccc(Cc3c[nH]c4ncc(OCCN5CCCC5)cc34)cn2)cc1. The van der Waals surface area contributed by atoms with E-state index in [4.69, 9.17) is 4.74 Å². The van der Waals surface area contributed by atoms with Crippen molar-refractivity contribution < 1.29 is 17.9 Å². The Labute approximate surface area is 207 Å². The molecule has 0 radical (unpaired) electrons. The van der Waals surface area contributed by atoms with Crippen molar-refractivity contribution in [1.82, 2.24) is 19.9 Å². The number of benzene rings is 1. The Balaban J connectivity index is 1.17. The summed E-state index contributed by atoms with van der Waals surface area (Å²) in [6, 6.07) is 11.0. The summed E-state index contributed by atoms with van der Waals surface area (Å²) in [4.78, 5) is 14.6. The molecule has 1 aliphatic heterocycles. The molecule has 3 aromatic heterocycles. The molecule has 4 aromatic rings. The van der Waals surface area contributed by atoms with E-state index in [-0.39, 0.29) is 0 Å². The Hall–Kier alpha value is -3.59. The highest BCUT2D eigenvalue weighted by Crippen LogP contribution is 2.29. The van der Waals surface area contributed by atoms with E-state index in [9.17, 15) is 13.2 Å². The lowest BCUT2D eigenvalue weighted by atomic mass is 10.1. The Kier molecular flexibility index (Phi) is 7.09. The van der Waals surface area contributed by atoms with E-state index >= 15 is 0 Å². The second kappa shape index (κ2) is 10.6. The van der Waals surface area contributed by atoms with Crippen molar-refractivity contribution in [1.29, 1.82) is 0 Å². The van der Waals surface area contributed by atoms with Gasteiger partial charge in [0.15, 0.2) is 0 Å². The Bertz CT molecular complexity index is 1280. The molecule has 0 unspecified atom stereocenters. The number of hydrogen-bond donors (Lipinski definition) is 2. The van der Waals surface area contributed by atoms with Crippen LogP contribution in [-0.2, 0) is 19.1 Å². The van der Waals surface area contributed by atoms with Crippen molar-refractivity contribution in [2.75, 3.05) is 31.6 Å². The summed E-state index contributed by atoms with van der Waals surface area (Å²) < 4.78 is 44.1. The maximum absolute atomic E-state index is 12.7. The van der Waals surface area contributed by atoms with Crippen LogP contribution in [0.1, 0.15) is 35.1 Å². The van der Waals surface area contributed by atoms with Crippen LogP contribution in [-0.4, -0.2) is 46.1 Å². The summed E-state index contributed by atoms with van der Waals surface area (Å²) in [5.74, 6) is 1.43. The van der Waals surface area contributed by atoms with Gasteiger partial charge in [-0.15, -0.1) is 0 Å². The predicted octanol–water partition coefficient (Wildman–Crippen LogP) is 5.65. The number of fused-ring (bicyclic) bond motifs is 1. The van der Waals surface area contributed by atoms with Gasteiger partial charge < -0.3 is 15.0 Å². The molecule has 0 bridgehead atoms. The van der Waals surface area contributed by atoms with Gasteiger partial charge in [-0.25, -0.2) is 9.97 Å². The number of ether oxygens (including phenoxy) is 1. The number of hydrogen-bond acceptors (Lipinski definition) is 5. The van der Waals surface area contributed by atoms with Crippen LogP contribution in [0.3, 0.4) is 0 Å². The van der Waals surface area contributed by atoms with Gasteiger partial charge in [-0.1, -0.05) is 18.2 Å². The number of nitrogens with one attached hydrogen (secondary N) is 2. The minimum Gasteiger partial charge on any atom is -0.491 e. The molecule has 1 aliphatic rings. The highest BCUT2D eigenvalue weighted by molar-refractivity contribution is 5.81. The number of alkyl halides is 3.